The van der Waals surface area contributed by atoms with Crippen molar-refractivity contribution in [1.29, 1.82) is 0 Å². The van der Waals surface area contributed by atoms with Gasteiger partial charge in [-0.25, -0.2) is 18.5 Å². The van der Waals surface area contributed by atoms with Crippen LogP contribution in [0.15, 0.2) is 48.8 Å². The molecule has 1 aromatic carbocycles. The van der Waals surface area contributed by atoms with E-state index in [1.165, 1.54) is 0 Å². The Kier molecular flexibility index (Phi) is 3.48. The molecule has 0 radical (unpaired) electrons. The molecule has 0 amide bonds. The van der Waals surface area contributed by atoms with E-state index in [-0.39, 0.29) is 5.75 Å². The number of sulfonamides is 1. The normalized spacial score (nSPS) is 11.9. The minimum absolute atomic E-state index is 0.0380. The van der Waals surface area contributed by atoms with Gasteiger partial charge < -0.3 is 4.98 Å². The van der Waals surface area contributed by atoms with Gasteiger partial charge in [-0.1, -0.05) is 24.3 Å². The smallest absolute Gasteiger partial charge is 0.209 e. The lowest BCUT2D eigenvalue weighted by Crippen LogP contribution is -2.17. The average Bonchev–Trinajstić information content (AvgIpc) is 2.93. The van der Waals surface area contributed by atoms with Gasteiger partial charge in [0.25, 0.3) is 0 Å². The molecule has 6 heteroatoms. The predicted octanol–water partition coefficient (Wildman–Crippen LogP) is 2.06. The third-order valence-electron chi connectivity index (χ3n) is 3.40. The number of primary sulfonamides is 1. The molecular formula is C15H15N3O2S. The van der Waals surface area contributed by atoms with E-state index in [2.05, 4.69) is 9.97 Å². The van der Waals surface area contributed by atoms with Crippen molar-refractivity contribution in [2.24, 2.45) is 5.14 Å². The van der Waals surface area contributed by atoms with Crippen LogP contribution >= 0.6 is 0 Å². The second kappa shape index (κ2) is 5.31. The zero-order valence-electron chi connectivity index (χ0n) is 11.3. The van der Waals surface area contributed by atoms with Gasteiger partial charge in [0.2, 0.25) is 10.0 Å². The molecular weight excluding hydrogens is 286 g/mol. The van der Waals surface area contributed by atoms with Crippen LogP contribution in [0.25, 0.3) is 22.2 Å². The minimum Gasteiger partial charge on any atom is -0.346 e. The summed E-state index contributed by atoms with van der Waals surface area (Å²) in [5.74, 6) is -0.0380. The second-order valence-electron chi connectivity index (χ2n) is 4.91. The number of benzene rings is 1. The standard InChI is InChI=1S/C15H15N3O2S/c16-21(19,20)10-7-11-1-3-12(4-2-11)13-5-8-17-15-14(13)6-9-18-15/h1-6,8-9H,7,10H2,(H,17,18)(H2,16,19,20). The number of fused-ring (bicyclic) bond motifs is 1. The van der Waals surface area contributed by atoms with Crippen LogP contribution in [0.3, 0.4) is 0 Å². The first-order valence-electron chi connectivity index (χ1n) is 6.55. The summed E-state index contributed by atoms with van der Waals surface area (Å²) in [5, 5.41) is 6.08. The molecule has 0 fully saturated rings. The van der Waals surface area contributed by atoms with Gasteiger partial charge in [0.05, 0.1) is 5.75 Å². The summed E-state index contributed by atoms with van der Waals surface area (Å²) in [6.45, 7) is 0. The van der Waals surface area contributed by atoms with Crippen LogP contribution in [0.5, 0.6) is 0 Å². The van der Waals surface area contributed by atoms with Crippen LogP contribution < -0.4 is 5.14 Å². The SMILES string of the molecule is NS(=O)(=O)CCc1ccc(-c2ccnc3[nH]ccc23)cc1. The molecule has 0 aliphatic carbocycles. The summed E-state index contributed by atoms with van der Waals surface area (Å²) in [6, 6.07) is 11.8. The van der Waals surface area contributed by atoms with Crippen LogP contribution in [0.2, 0.25) is 0 Å². The monoisotopic (exact) mass is 301 g/mol. The van der Waals surface area contributed by atoms with Crippen LogP contribution in [0, 0.1) is 0 Å². The Morgan fingerprint density at radius 3 is 2.57 bits per heavy atom. The number of nitrogens with one attached hydrogen (secondary N) is 1. The maximum atomic E-state index is 11.0. The van der Waals surface area contributed by atoms with Crippen LogP contribution in [0.1, 0.15) is 5.56 Å². The first kappa shape index (κ1) is 13.8. The number of nitrogens with two attached hydrogens (primary N) is 1. The first-order chi connectivity index (χ1) is 10.0. The Balaban J connectivity index is 1.89. The Bertz CT molecular complexity index is 867. The van der Waals surface area contributed by atoms with Crippen molar-refractivity contribution < 1.29 is 8.42 Å². The average molecular weight is 301 g/mol. The predicted molar refractivity (Wildman–Crippen MR) is 83.2 cm³/mol. The number of pyridine rings is 1. The fraction of sp³-hybridized carbons (Fsp3) is 0.133. The highest BCUT2D eigenvalue weighted by Crippen LogP contribution is 2.27. The van der Waals surface area contributed by atoms with Gasteiger partial charge in [0.1, 0.15) is 5.65 Å². The van der Waals surface area contributed by atoms with Crippen LogP contribution in [-0.4, -0.2) is 24.1 Å². The summed E-state index contributed by atoms with van der Waals surface area (Å²) < 4.78 is 22.0. The van der Waals surface area contributed by atoms with Crippen molar-refractivity contribution in [3.05, 3.63) is 54.4 Å². The highest BCUT2D eigenvalue weighted by Gasteiger charge is 2.07. The Morgan fingerprint density at radius 2 is 1.86 bits per heavy atom. The van der Waals surface area contributed by atoms with Gasteiger partial charge >= 0.3 is 0 Å². The molecule has 3 aromatic rings. The zero-order chi connectivity index (χ0) is 14.9. The molecule has 0 bridgehead atoms. The molecule has 0 atom stereocenters. The minimum atomic E-state index is -3.42. The number of rotatable bonds is 4. The number of hydrogen-bond acceptors (Lipinski definition) is 3. The molecule has 0 saturated heterocycles. The highest BCUT2D eigenvalue weighted by molar-refractivity contribution is 7.89. The molecule has 0 aliphatic rings. The molecule has 3 rings (SSSR count). The van der Waals surface area contributed by atoms with Gasteiger partial charge in [0, 0.05) is 17.8 Å². The van der Waals surface area contributed by atoms with Crippen molar-refractivity contribution in [2.75, 3.05) is 5.75 Å². The number of nitrogens with zero attached hydrogens (tertiary/aromatic N) is 1. The molecule has 2 heterocycles. The molecule has 2 aromatic heterocycles. The lowest BCUT2D eigenvalue weighted by Gasteiger charge is -2.05. The van der Waals surface area contributed by atoms with Gasteiger partial charge in [-0.15, -0.1) is 0 Å². The van der Waals surface area contributed by atoms with Crippen molar-refractivity contribution in [1.82, 2.24) is 9.97 Å². The number of aryl methyl sites for hydroxylation is 1. The number of aromatic amines is 1. The van der Waals surface area contributed by atoms with E-state index >= 15 is 0 Å². The summed E-state index contributed by atoms with van der Waals surface area (Å²) >= 11 is 0. The first-order valence-corrected chi connectivity index (χ1v) is 8.26. The lowest BCUT2D eigenvalue weighted by molar-refractivity contribution is 0.597. The van der Waals surface area contributed by atoms with Crippen LogP contribution in [0.4, 0.5) is 0 Å². The second-order valence-corrected chi connectivity index (χ2v) is 6.65. The Labute approximate surface area is 122 Å². The van der Waals surface area contributed by atoms with E-state index in [9.17, 15) is 8.42 Å². The third kappa shape index (κ3) is 3.12. The fourth-order valence-electron chi connectivity index (χ4n) is 2.32. The quantitative estimate of drug-likeness (QED) is 0.773. The van der Waals surface area contributed by atoms with E-state index in [0.717, 1.165) is 27.7 Å². The van der Waals surface area contributed by atoms with E-state index in [0.29, 0.717) is 6.42 Å². The summed E-state index contributed by atoms with van der Waals surface area (Å²) in [5.41, 5.74) is 3.97. The van der Waals surface area contributed by atoms with E-state index in [4.69, 9.17) is 5.14 Å². The Hall–Kier alpha value is -2.18. The van der Waals surface area contributed by atoms with E-state index in [1.54, 1.807) is 6.20 Å². The maximum absolute atomic E-state index is 11.0. The fourth-order valence-corrected chi connectivity index (χ4v) is 2.84. The van der Waals surface area contributed by atoms with Gasteiger partial charge in [-0.05, 0) is 35.2 Å². The maximum Gasteiger partial charge on any atom is 0.209 e. The summed E-state index contributed by atoms with van der Waals surface area (Å²) in [4.78, 5) is 7.35. The van der Waals surface area contributed by atoms with Crippen molar-refractivity contribution >= 4 is 21.1 Å². The number of aromatic nitrogens is 2. The van der Waals surface area contributed by atoms with Crippen LogP contribution in [-0.2, 0) is 16.4 Å². The molecule has 3 N–H and O–H groups in total. The highest BCUT2D eigenvalue weighted by atomic mass is 32.2. The Morgan fingerprint density at radius 1 is 1.10 bits per heavy atom. The lowest BCUT2D eigenvalue weighted by atomic mass is 10.0. The number of H-pyrrole nitrogens is 1. The van der Waals surface area contributed by atoms with Crippen molar-refractivity contribution in [2.45, 2.75) is 6.42 Å². The summed E-state index contributed by atoms with van der Waals surface area (Å²) in [7, 11) is -3.42. The zero-order valence-corrected chi connectivity index (χ0v) is 12.1. The molecule has 0 saturated carbocycles. The molecule has 0 aliphatic heterocycles. The van der Waals surface area contributed by atoms with Gasteiger partial charge in [0.15, 0.2) is 0 Å². The van der Waals surface area contributed by atoms with E-state index < -0.39 is 10.0 Å². The van der Waals surface area contributed by atoms with Gasteiger partial charge in [-0.3, -0.25) is 0 Å². The van der Waals surface area contributed by atoms with Crippen molar-refractivity contribution in [3.8, 4) is 11.1 Å². The molecule has 108 valence electrons. The van der Waals surface area contributed by atoms with Gasteiger partial charge in [-0.2, -0.15) is 0 Å². The molecule has 0 spiro atoms. The largest absolute Gasteiger partial charge is 0.346 e. The molecule has 0 unspecified atom stereocenters. The third-order valence-corrected chi connectivity index (χ3v) is 4.17. The molecule has 21 heavy (non-hydrogen) atoms. The number of hydrogen-bond donors (Lipinski definition) is 2. The topological polar surface area (TPSA) is 88.8 Å². The molecule has 5 nitrogen and oxygen atoms in total. The van der Waals surface area contributed by atoms with E-state index in [1.807, 2.05) is 42.6 Å². The van der Waals surface area contributed by atoms with Crippen molar-refractivity contribution in [3.63, 3.8) is 0 Å². The summed E-state index contributed by atoms with van der Waals surface area (Å²) in [6.07, 6.45) is 4.06.